The third-order valence-corrected chi connectivity index (χ3v) is 5.32. The van der Waals surface area contributed by atoms with Gasteiger partial charge in [0.05, 0.1) is 0 Å². The Morgan fingerprint density at radius 3 is 1.84 bits per heavy atom. The molecule has 1 heterocycles. The van der Waals surface area contributed by atoms with Crippen LogP contribution in [0.25, 0.3) is 22.5 Å². The Bertz CT molecular complexity index is 1410. The Morgan fingerprint density at radius 2 is 1.30 bits per heavy atom. The van der Waals surface area contributed by atoms with Gasteiger partial charge in [-0.1, -0.05) is 25.5 Å². The molecule has 0 saturated carbocycles. The predicted octanol–water partition coefficient (Wildman–Crippen LogP) is 7.73. The molecule has 4 aromatic rings. The van der Waals surface area contributed by atoms with Gasteiger partial charge in [0.25, 0.3) is 0 Å². The Balaban J connectivity index is 1.64. The third kappa shape index (κ3) is 5.40. The molecule has 0 fully saturated rings. The molecule has 0 N–H and O–H groups in total. The van der Waals surface area contributed by atoms with Crippen LogP contribution < -0.4 is 4.74 Å². The quantitative estimate of drug-likeness (QED) is 0.183. The van der Waals surface area contributed by atoms with Gasteiger partial charge in [-0.05, 0) is 35.7 Å². The molecule has 0 atom stereocenters. The number of alkyl halides is 2. The summed E-state index contributed by atoms with van der Waals surface area (Å²) in [5.74, 6) is -11.2. The summed E-state index contributed by atoms with van der Waals surface area (Å²) in [6.45, 7) is 1.99. The highest BCUT2D eigenvalue weighted by Crippen LogP contribution is 2.38. The van der Waals surface area contributed by atoms with Crippen LogP contribution >= 0.6 is 0 Å². The summed E-state index contributed by atoms with van der Waals surface area (Å²) in [7, 11) is 0. The lowest BCUT2D eigenvalue weighted by Crippen LogP contribution is -2.25. The molecule has 0 amide bonds. The molecule has 0 aliphatic heterocycles. The first-order chi connectivity index (χ1) is 17.5. The van der Waals surface area contributed by atoms with Gasteiger partial charge in [0.1, 0.15) is 28.8 Å². The molecule has 0 unspecified atom stereocenters. The number of hydrogen-bond acceptors (Lipinski definition) is 3. The molecule has 1 aromatic heterocycles. The highest BCUT2D eigenvalue weighted by molar-refractivity contribution is 5.69. The second kappa shape index (κ2) is 10.2. The van der Waals surface area contributed by atoms with Gasteiger partial charge >= 0.3 is 6.11 Å². The van der Waals surface area contributed by atoms with E-state index >= 15 is 0 Å². The maximum absolute atomic E-state index is 14.8. The van der Waals surface area contributed by atoms with Crippen LogP contribution in [0.1, 0.15) is 24.5 Å². The molecule has 0 saturated heterocycles. The lowest BCUT2D eigenvalue weighted by Gasteiger charge is -2.20. The van der Waals surface area contributed by atoms with Crippen LogP contribution in [-0.4, -0.2) is 9.97 Å². The fourth-order valence-electron chi connectivity index (χ4n) is 3.61. The van der Waals surface area contributed by atoms with Gasteiger partial charge in [-0.2, -0.15) is 8.78 Å². The van der Waals surface area contributed by atoms with Gasteiger partial charge in [0.15, 0.2) is 23.3 Å². The average Bonchev–Trinajstić information content (AvgIpc) is 2.82. The van der Waals surface area contributed by atoms with Gasteiger partial charge in [-0.3, -0.25) is 0 Å². The molecule has 0 aliphatic rings. The minimum Gasteiger partial charge on any atom is -0.429 e. The van der Waals surface area contributed by atoms with Gasteiger partial charge in [-0.15, -0.1) is 0 Å². The van der Waals surface area contributed by atoms with E-state index in [9.17, 15) is 35.1 Å². The van der Waals surface area contributed by atoms with E-state index in [0.29, 0.717) is 12.1 Å². The summed E-state index contributed by atoms with van der Waals surface area (Å²) >= 11 is 0. The molecular weight excluding hydrogens is 508 g/mol. The molecule has 37 heavy (non-hydrogen) atoms. The van der Waals surface area contributed by atoms with Crippen LogP contribution in [0.15, 0.2) is 54.9 Å². The van der Waals surface area contributed by atoms with Crippen LogP contribution in [0.3, 0.4) is 0 Å². The van der Waals surface area contributed by atoms with E-state index < -0.39 is 57.9 Å². The highest BCUT2D eigenvalue weighted by atomic mass is 19.3. The van der Waals surface area contributed by atoms with E-state index in [4.69, 9.17) is 0 Å². The summed E-state index contributed by atoms with van der Waals surface area (Å²) < 4.78 is 117. The number of benzene rings is 3. The van der Waals surface area contributed by atoms with Crippen molar-refractivity contribution in [2.24, 2.45) is 0 Å². The van der Waals surface area contributed by atoms with E-state index in [0.717, 1.165) is 24.5 Å². The number of rotatable bonds is 7. The number of aryl methyl sites for hydroxylation is 1. The monoisotopic (exact) mass is 524 g/mol. The Labute approximate surface area is 205 Å². The summed E-state index contributed by atoms with van der Waals surface area (Å²) in [5, 5.41) is 0. The summed E-state index contributed by atoms with van der Waals surface area (Å²) in [5.41, 5.74) is -1.43. The molecule has 192 valence electrons. The standard InChI is InChI=1S/C26H16F8N2O/c1-2-3-13-11-35-25(36-12-13)14-4-5-17(18(27)6-14)15-7-19(28)23(20(29)8-15)26(33,34)37-16-9-21(30)24(32)22(31)10-16/h4-12H,2-3H2,1H3. The first kappa shape index (κ1) is 26.1. The van der Waals surface area contributed by atoms with E-state index in [1.54, 1.807) is 12.4 Å². The molecule has 0 spiro atoms. The van der Waals surface area contributed by atoms with Crippen molar-refractivity contribution in [3.63, 3.8) is 0 Å². The van der Waals surface area contributed by atoms with Gasteiger partial charge in [0, 0.05) is 35.7 Å². The second-order valence-corrected chi connectivity index (χ2v) is 7.99. The molecule has 3 nitrogen and oxygen atoms in total. The zero-order chi connectivity index (χ0) is 26.9. The van der Waals surface area contributed by atoms with Crippen molar-refractivity contribution in [1.29, 1.82) is 0 Å². The summed E-state index contributed by atoms with van der Waals surface area (Å²) in [6.07, 6.45) is 0.0883. The number of ether oxygens (including phenoxy) is 1. The molecule has 11 heteroatoms. The Morgan fingerprint density at radius 1 is 0.730 bits per heavy atom. The number of halogens is 8. The summed E-state index contributed by atoms with van der Waals surface area (Å²) in [4.78, 5) is 8.33. The van der Waals surface area contributed by atoms with Crippen molar-refractivity contribution in [1.82, 2.24) is 9.97 Å². The van der Waals surface area contributed by atoms with Crippen LogP contribution in [0.2, 0.25) is 0 Å². The SMILES string of the molecule is CCCc1cnc(-c2ccc(-c3cc(F)c(C(F)(F)Oc4cc(F)c(F)c(F)c4)c(F)c3)c(F)c2)nc1. The molecule has 3 aromatic carbocycles. The van der Waals surface area contributed by atoms with Crippen molar-refractivity contribution in [2.75, 3.05) is 0 Å². The van der Waals surface area contributed by atoms with Crippen LogP contribution in [-0.2, 0) is 12.5 Å². The zero-order valence-electron chi connectivity index (χ0n) is 18.9. The first-order valence-electron chi connectivity index (χ1n) is 10.8. The van der Waals surface area contributed by atoms with Crippen molar-refractivity contribution in [3.05, 3.63) is 101 Å². The highest BCUT2D eigenvalue weighted by Gasteiger charge is 2.41. The normalized spacial score (nSPS) is 11.6. The maximum Gasteiger partial charge on any atom is 0.432 e. The molecule has 0 aliphatic carbocycles. The molecule has 0 radical (unpaired) electrons. The molecular formula is C26H16F8N2O. The van der Waals surface area contributed by atoms with E-state index in [-0.39, 0.29) is 29.1 Å². The smallest absolute Gasteiger partial charge is 0.429 e. The van der Waals surface area contributed by atoms with Crippen molar-refractivity contribution < 1.29 is 39.9 Å². The van der Waals surface area contributed by atoms with E-state index in [1.807, 2.05) is 6.92 Å². The second-order valence-electron chi connectivity index (χ2n) is 7.99. The number of hydrogen-bond donors (Lipinski definition) is 0. The average molecular weight is 524 g/mol. The van der Waals surface area contributed by atoms with Gasteiger partial charge in [-0.25, -0.2) is 36.3 Å². The fourth-order valence-corrected chi connectivity index (χ4v) is 3.61. The van der Waals surface area contributed by atoms with Gasteiger partial charge in [0.2, 0.25) is 0 Å². The van der Waals surface area contributed by atoms with E-state index in [1.165, 1.54) is 12.1 Å². The Hall–Kier alpha value is -4.02. The molecule has 4 rings (SSSR count). The lowest BCUT2D eigenvalue weighted by atomic mass is 10.00. The van der Waals surface area contributed by atoms with Crippen LogP contribution in [0.4, 0.5) is 35.1 Å². The fraction of sp³-hybridized carbons (Fsp3) is 0.154. The number of aromatic nitrogens is 2. The largest absolute Gasteiger partial charge is 0.432 e. The molecule has 0 bridgehead atoms. The number of nitrogens with zero attached hydrogens (tertiary/aromatic N) is 2. The minimum atomic E-state index is -4.76. The van der Waals surface area contributed by atoms with Crippen molar-refractivity contribution >= 4 is 0 Å². The third-order valence-electron chi connectivity index (χ3n) is 5.32. The van der Waals surface area contributed by atoms with Crippen LogP contribution in [0.5, 0.6) is 5.75 Å². The Kier molecular flexibility index (Phi) is 7.15. The topological polar surface area (TPSA) is 35.0 Å². The van der Waals surface area contributed by atoms with E-state index in [2.05, 4.69) is 14.7 Å². The first-order valence-corrected chi connectivity index (χ1v) is 10.8. The maximum atomic E-state index is 14.8. The zero-order valence-corrected chi connectivity index (χ0v) is 18.9. The van der Waals surface area contributed by atoms with Crippen molar-refractivity contribution in [3.8, 4) is 28.3 Å². The lowest BCUT2D eigenvalue weighted by molar-refractivity contribution is -0.189. The van der Waals surface area contributed by atoms with Crippen LogP contribution in [0, 0.1) is 34.9 Å². The minimum absolute atomic E-state index is 0.0918. The van der Waals surface area contributed by atoms with Crippen molar-refractivity contribution in [2.45, 2.75) is 25.9 Å². The summed E-state index contributed by atoms with van der Waals surface area (Å²) in [6, 6.07) is 4.70. The van der Waals surface area contributed by atoms with Gasteiger partial charge < -0.3 is 4.74 Å². The predicted molar refractivity (Wildman–Crippen MR) is 118 cm³/mol.